The zero-order valence-corrected chi connectivity index (χ0v) is 16.5. The summed E-state index contributed by atoms with van der Waals surface area (Å²) in [4.78, 5) is 22.2. The molecule has 1 aliphatic rings. The molecular formula is C20H22N4O3S. The third-order valence-electron chi connectivity index (χ3n) is 4.70. The van der Waals surface area contributed by atoms with Crippen LogP contribution in [0.25, 0.3) is 10.7 Å². The van der Waals surface area contributed by atoms with Crippen LogP contribution < -0.4 is 4.90 Å². The predicted octanol–water partition coefficient (Wildman–Crippen LogP) is 3.30. The van der Waals surface area contributed by atoms with E-state index in [1.54, 1.807) is 16.2 Å². The molecule has 1 aliphatic heterocycles. The molecule has 1 aromatic carbocycles. The average Bonchev–Trinajstić information content (AvgIpc) is 3.44. The molecule has 1 saturated heterocycles. The normalized spacial score (nSPS) is 14.2. The first-order valence-corrected chi connectivity index (χ1v) is 10.2. The number of ether oxygens (including phenoxy) is 1. The number of hydrogen-bond donors (Lipinski definition) is 0. The number of hydrogen-bond acceptors (Lipinski definition) is 7. The van der Waals surface area contributed by atoms with Gasteiger partial charge in [0.1, 0.15) is 6.54 Å². The van der Waals surface area contributed by atoms with Crippen LogP contribution in [0.1, 0.15) is 23.2 Å². The third-order valence-corrected chi connectivity index (χ3v) is 5.56. The predicted molar refractivity (Wildman–Crippen MR) is 107 cm³/mol. The molecule has 2 aromatic heterocycles. The Balaban J connectivity index is 1.43. The highest BCUT2D eigenvalue weighted by molar-refractivity contribution is 7.13. The number of thiophene rings is 1. The van der Waals surface area contributed by atoms with E-state index in [0.717, 1.165) is 36.9 Å². The molecule has 28 heavy (non-hydrogen) atoms. The molecule has 0 aliphatic carbocycles. The SMILES string of the molecule is CCN(Cc1nc(-c2cccs2)no1)C(=O)c1ccc(N2CCOCC2)cc1. The van der Waals surface area contributed by atoms with E-state index < -0.39 is 0 Å². The lowest BCUT2D eigenvalue weighted by Crippen LogP contribution is -2.36. The van der Waals surface area contributed by atoms with E-state index in [0.29, 0.717) is 30.4 Å². The summed E-state index contributed by atoms with van der Waals surface area (Å²) in [6.07, 6.45) is 0. The summed E-state index contributed by atoms with van der Waals surface area (Å²) in [5.41, 5.74) is 1.76. The third kappa shape index (κ3) is 4.07. The number of carbonyl (C=O) groups excluding carboxylic acids is 1. The molecule has 0 saturated carbocycles. The Morgan fingerprint density at radius 2 is 2.00 bits per heavy atom. The van der Waals surface area contributed by atoms with Gasteiger partial charge in [-0.1, -0.05) is 11.2 Å². The topological polar surface area (TPSA) is 71.7 Å². The summed E-state index contributed by atoms with van der Waals surface area (Å²) in [5, 5.41) is 5.98. The Labute approximate surface area is 167 Å². The van der Waals surface area contributed by atoms with E-state index in [9.17, 15) is 4.79 Å². The van der Waals surface area contributed by atoms with Crippen LogP contribution in [0, 0.1) is 0 Å². The fraction of sp³-hybridized carbons (Fsp3) is 0.350. The molecule has 0 radical (unpaired) electrons. The molecule has 1 amide bonds. The van der Waals surface area contributed by atoms with Crippen molar-refractivity contribution in [1.82, 2.24) is 15.0 Å². The Morgan fingerprint density at radius 1 is 1.21 bits per heavy atom. The van der Waals surface area contributed by atoms with E-state index in [1.807, 2.05) is 48.7 Å². The van der Waals surface area contributed by atoms with Crippen molar-refractivity contribution >= 4 is 22.9 Å². The standard InChI is InChI=1S/C20H22N4O3S/c1-2-23(14-18-21-19(22-27-18)17-4-3-13-28-17)20(25)15-5-7-16(8-6-15)24-9-11-26-12-10-24/h3-8,13H,2,9-12,14H2,1H3. The molecule has 0 N–H and O–H groups in total. The maximum Gasteiger partial charge on any atom is 0.254 e. The first kappa shape index (κ1) is 18.6. The average molecular weight is 398 g/mol. The van der Waals surface area contributed by atoms with Crippen molar-refractivity contribution in [1.29, 1.82) is 0 Å². The van der Waals surface area contributed by atoms with E-state index in [-0.39, 0.29) is 5.91 Å². The van der Waals surface area contributed by atoms with Gasteiger partial charge in [-0.15, -0.1) is 11.3 Å². The summed E-state index contributed by atoms with van der Waals surface area (Å²) >= 11 is 1.55. The van der Waals surface area contributed by atoms with Crippen molar-refractivity contribution in [3.63, 3.8) is 0 Å². The fourth-order valence-electron chi connectivity index (χ4n) is 3.13. The largest absolute Gasteiger partial charge is 0.378 e. The van der Waals surface area contributed by atoms with Crippen molar-refractivity contribution in [2.24, 2.45) is 0 Å². The number of anilines is 1. The summed E-state index contributed by atoms with van der Waals surface area (Å²) in [7, 11) is 0. The van der Waals surface area contributed by atoms with E-state index in [1.165, 1.54) is 0 Å². The smallest absolute Gasteiger partial charge is 0.254 e. The Hall–Kier alpha value is -2.71. The van der Waals surface area contributed by atoms with Crippen molar-refractivity contribution in [2.45, 2.75) is 13.5 Å². The van der Waals surface area contributed by atoms with Gasteiger partial charge in [0.25, 0.3) is 5.91 Å². The van der Waals surface area contributed by atoms with Crippen molar-refractivity contribution in [3.05, 3.63) is 53.2 Å². The van der Waals surface area contributed by atoms with Gasteiger partial charge in [0.05, 0.1) is 18.1 Å². The van der Waals surface area contributed by atoms with E-state index >= 15 is 0 Å². The molecule has 146 valence electrons. The maximum absolute atomic E-state index is 12.9. The first-order valence-electron chi connectivity index (χ1n) is 9.33. The minimum Gasteiger partial charge on any atom is -0.378 e. The number of amides is 1. The quantitative estimate of drug-likeness (QED) is 0.634. The second kappa shape index (κ2) is 8.53. The molecule has 0 unspecified atom stereocenters. The summed E-state index contributed by atoms with van der Waals surface area (Å²) in [6, 6.07) is 11.6. The van der Waals surface area contributed by atoms with Gasteiger partial charge in [0.2, 0.25) is 11.7 Å². The highest BCUT2D eigenvalue weighted by atomic mass is 32.1. The van der Waals surface area contributed by atoms with Crippen LogP contribution >= 0.6 is 11.3 Å². The van der Waals surface area contributed by atoms with Crippen LogP contribution in [-0.4, -0.2) is 53.8 Å². The maximum atomic E-state index is 12.9. The Kier molecular flexibility index (Phi) is 5.68. The number of morpholine rings is 1. The van der Waals surface area contributed by atoms with Crippen molar-refractivity contribution in [3.8, 4) is 10.7 Å². The van der Waals surface area contributed by atoms with Crippen LogP contribution in [0.15, 0.2) is 46.3 Å². The number of benzene rings is 1. The summed E-state index contributed by atoms with van der Waals surface area (Å²) in [6.45, 7) is 6.01. The molecule has 7 nitrogen and oxygen atoms in total. The zero-order chi connectivity index (χ0) is 19.3. The Morgan fingerprint density at radius 3 is 2.68 bits per heavy atom. The molecule has 3 heterocycles. The molecule has 3 aromatic rings. The minimum atomic E-state index is -0.0492. The fourth-order valence-corrected chi connectivity index (χ4v) is 3.78. The van der Waals surface area contributed by atoms with E-state index in [2.05, 4.69) is 15.0 Å². The van der Waals surface area contributed by atoms with Gasteiger partial charge in [0, 0.05) is 30.9 Å². The highest BCUT2D eigenvalue weighted by Gasteiger charge is 2.19. The molecular weight excluding hydrogens is 376 g/mol. The van der Waals surface area contributed by atoms with Gasteiger partial charge < -0.3 is 19.1 Å². The van der Waals surface area contributed by atoms with Gasteiger partial charge in [-0.25, -0.2) is 0 Å². The zero-order valence-electron chi connectivity index (χ0n) is 15.7. The number of carbonyl (C=O) groups is 1. The summed E-state index contributed by atoms with van der Waals surface area (Å²) < 4.78 is 10.7. The van der Waals surface area contributed by atoms with Gasteiger partial charge in [-0.2, -0.15) is 4.98 Å². The molecule has 8 heteroatoms. The molecule has 1 fully saturated rings. The molecule has 0 atom stereocenters. The van der Waals surface area contributed by atoms with Gasteiger partial charge >= 0.3 is 0 Å². The van der Waals surface area contributed by atoms with Crippen LogP contribution in [0.3, 0.4) is 0 Å². The van der Waals surface area contributed by atoms with Crippen molar-refractivity contribution < 1.29 is 14.1 Å². The molecule has 4 rings (SSSR count). The molecule has 0 spiro atoms. The second-order valence-electron chi connectivity index (χ2n) is 6.45. The van der Waals surface area contributed by atoms with Crippen LogP contribution in [0.4, 0.5) is 5.69 Å². The van der Waals surface area contributed by atoms with Crippen LogP contribution in [-0.2, 0) is 11.3 Å². The number of nitrogens with zero attached hydrogens (tertiary/aromatic N) is 4. The van der Waals surface area contributed by atoms with E-state index in [4.69, 9.17) is 9.26 Å². The van der Waals surface area contributed by atoms with Gasteiger partial charge in [-0.05, 0) is 42.6 Å². The Bertz CT molecular complexity index is 902. The minimum absolute atomic E-state index is 0.0492. The highest BCUT2D eigenvalue weighted by Crippen LogP contribution is 2.22. The first-order chi connectivity index (χ1) is 13.7. The molecule has 0 bridgehead atoms. The van der Waals surface area contributed by atoms with Crippen molar-refractivity contribution in [2.75, 3.05) is 37.7 Å². The van der Waals surface area contributed by atoms with Gasteiger partial charge in [0.15, 0.2) is 0 Å². The number of aromatic nitrogens is 2. The van der Waals surface area contributed by atoms with Crippen LogP contribution in [0.5, 0.6) is 0 Å². The second-order valence-corrected chi connectivity index (χ2v) is 7.40. The monoisotopic (exact) mass is 398 g/mol. The lowest BCUT2D eigenvalue weighted by molar-refractivity contribution is 0.0734. The number of rotatable bonds is 6. The lowest BCUT2D eigenvalue weighted by Gasteiger charge is -2.29. The lowest BCUT2D eigenvalue weighted by atomic mass is 10.1. The van der Waals surface area contributed by atoms with Gasteiger partial charge in [-0.3, -0.25) is 4.79 Å². The summed E-state index contributed by atoms with van der Waals surface area (Å²) in [5.74, 6) is 0.943. The van der Waals surface area contributed by atoms with Crippen LogP contribution in [0.2, 0.25) is 0 Å².